The molecule has 1 aliphatic carbocycles. The summed E-state index contributed by atoms with van der Waals surface area (Å²) >= 11 is 0. The average molecular weight is 464 g/mol. The molecule has 2 aromatic rings. The molecule has 0 bridgehead atoms. The first-order chi connectivity index (χ1) is 15.6. The number of nitrogen functional groups attached to an aromatic ring is 1. The molecule has 2 aliphatic rings. The van der Waals surface area contributed by atoms with E-state index >= 15 is 0 Å². The van der Waals surface area contributed by atoms with Gasteiger partial charge in [0.2, 0.25) is 5.91 Å². The van der Waals surface area contributed by atoms with Gasteiger partial charge in [0.05, 0.1) is 18.5 Å². The molecule has 2 fully saturated rings. The van der Waals surface area contributed by atoms with Crippen molar-refractivity contribution in [2.45, 2.75) is 31.7 Å². The highest BCUT2D eigenvalue weighted by Crippen LogP contribution is 2.54. The van der Waals surface area contributed by atoms with Crippen molar-refractivity contribution in [2.75, 3.05) is 25.9 Å². The van der Waals surface area contributed by atoms with Gasteiger partial charge in [0.1, 0.15) is 11.9 Å². The Labute approximate surface area is 187 Å². The topological polar surface area (TPSA) is 107 Å². The Morgan fingerprint density at radius 1 is 1.27 bits per heavy atom. The molecule has 2 amide bonds. The van der Waals surface area contributed by atoms with E-state index in [2.05, 4.69) is 15.0 Å². The zero-order valence-corrected chi connectivity index (χ0v) is 17.8. The Balaban J connectivity index is 1.41. The monoisotopic (exact) mass is 464 g/mol. The Morgan fingerprint density at radius 2 is 1.97 bits per heavy atom. The lowest BCUT2D eigenvalue weighted by Crippen LogP contribution is -2.32. The molecule has 1 unspecified atom stereocenters. The van der Waals surface area contributed by atoms with Crippen LogP contribution in [-0.4, -0.2) is 54.3 Å². The summed E-state index contributed by atoms with van der Waals surface area (Å²) in [7, 11) is 1.51. The Hall–Kier alpha value is -3.50. The fourth-order valence-electron chi connectivity index (χ4n) is 4.00. The summed E-state index contributed by atoms with van der Waals surface area (Å²) in [5, 5.41) is 2.52. The van der Waals surface area contributed by atoms with E-state index in [4.69, 9.17) is 10.5 Å². The van der Waals surface area contributed by atoms with Crippen LogP contribution in [0, 0.1) is 5.41 Å². The van der Waals surface area contributed by atoms with Crippen molar-refractivity contribution in [3.8, 4) is 11.5 Å². The number of nitrogens with zero attached hydrogens (tertiary/aromatic N) is 2. The van der Waals surface area contributed by atoms with E-state index < -0.39 is 6.36 Å². The number of amides is 2. The lowest BCUT2D eigenvalue weighted by Gasteiger charge is -2.20. The lowest BCUT2D eigenvalue weighted by molar-refractivity contribution is -0.274. The minimum Gasteiger partial charge on any atom is -0.484 e. The maximum atomic E-state index is 12.9. The minimum atomic E-state index is -4.76. The second-order valence-corrected chi connectivity index (χ2v) is 8.30. The number of likely N-dealkylation sites (tertiary alicyclic amines) is 1. The fourth-order valence-corrected chi connectivity index (χ4v) is 4.00. The van der Waals surface area contributed by atoms with E-state index in [-0.39, 0.29) is 41.3 Å². The fraction of sp³-hybridized carbons (Fsp3) is 0.409. The van der Waals surface area contributed by atoms with E-state index in [0.29, 0.717) is 30.0 Å². The normalized spacial score (nSPS) is 18.8. The summed E-state index contributed by atoms with van der Waals surface area (Å²) in [6, 6.07) is 6.78. The second kappa shape index (κ2) is 8.45. The van der Waals surface area contributed by atoms with Crippen LogP contribution in [-0.2, 0) is 11.2 Å². The SMILES string of the molecule is CNC(=O)c1cnc(N)c(OC2CN(C(=O)Cc3ccc(OC(F)(F)F)cc3)CC23CC3)c1. The van der Waals surface area contributed by atoms with Gasteiger partial charge in [0, 0.05) is 25.2 Å². The third kappa shape index (κ3) is 5.12. The van der Waals surface area contributed by atoms with Crippen LogP contribution in [0.3, 0.4) is 0 Å². The minimum absolute atomic E-state index is 0.0466. The molecule has 176 valence electrons. The van der Waals surface area contributed by atoms with Crippen LogP contribution in [0.2, 0.25) is 0 Å². The number of pyridine rings is 1. The second-order valence-electron chi connectivity index (χ2n) is 8.30. The first-order valence-electron chi connectivity index (χ1n) is 10.4. The zero-order valence-electron chi connectivity index (χ0n) is 17.8. The van der Waals surface area contributed by atoms with Crippen LogP contribution in [0.15, 0.2) is 36.5 Å². The Kier molecular flexibility index (Phi) is 5.81. The molecular weight excluding hydrogens is 441 g/mol. The van der Waals surface area contributed by atoms with Gasteiger partial charge in [0.15, 0.2) is 11.6 Å². The van der Waals surface area contributed by atoms with E-state index in [9.17, 15) is 22.8 Å². The molecule has 1 saturated carbocycles. The molecule has 4 rings (SSSR count). The van der Waals surface area contributed by atoms with Crippen molar-refractivity contribution in [3.63, 3.8) is 0 Å². The largest absolute Gasteiger partial charge is 0.573 e. The molecule has 8 nitrogen and oxygen atoms in total. The van der Waals surface area contributed by atoms with Crippen LogP contribution in [0.4, 0.5) is 19.0 Å². The molecule has 3 N–H and O–H groups in total. The number of alkyl halides is 3. The number of rotatable bonds is 6. The van der Waals surface area contributed by atoms with Gasteiger partial charge in [-0.15, -0.1) is 13.2 Å². The first-order valence-corrected chi connectivity index (χ1v) is 10.4. The number of nitrogens with one attached hydrogen (secondary N) is 1. The molecule has 1 atom stereocenters. The van der Waals surface area contributed by atoms with Gasteiger partial charge in [-0.3, -0.25) is 9.59 Å². The Bertz CT molecular complexity index is 1050. The number of ether oxygens (including phenoxy) is 2. The van der Waals surface area contributed by atoms with Gasteiger partial charge in [-0.05, 0) is 36.6 Å². The molecule has 1 saturated heterocycles. The maximum absolute atomic E-state index is 12.9. The molecule has 2 heterocycles. The number of halogens is 3. The van der Waals surface area contributed by atoms with Crippen molar-refractivity contribution in [3.05, 3.63) is 47.7 Å². The molecule has 1 spiro atoms. The third-order valence-corrected chi connectivity index (χ3v) is 5.97. The number of hydrogen-bond acceptors (Lipinski definition) is 6. The predicted octanol–water partition coefficient (Wildman–Crippen LogP) is 2.53. The number of nitrogens with two attached hydrogens (primary N) is 1. The van der Waals surface area contributed by atoms with E-state index in [1.807, 2.05) is 0 Å². The molecule has 33 heavy (non-hydrogen) atoms. The summed E-state index contributed by atoms with van der Waals surface area (Å²) in [5.41, 5.74) is 6.66. The lowest BCUT2D eigenvalue weighted by atomic mass is 10.0. The number of benzene rings is 1. The van der Waals surface area contributed by atoms with Crippen LogP contribution in [0.25, 0.3) is 0 Å². The highest BCUT2D eigenvalue weighted by molar-refractivity contribution is 5.94. The van der Waals surface area contributed by atoms with Crippen LogP contribution in [0.5, 0.6) is 11.5 Å². The summed E-state index contributed by atoms with van der Waals surface area (Å²) in [6.07, 6.45) is -1.86. The van der Waals surface area contributed by atoms with Crippen molar-refractivity contribution >= 4 is 17.6 Å². The number of aromatic nitrogens is 1. The van der Waals surface area contributed by atoms with E-state index in [1.54, 1.807) is 4.90 Å². The maximum Gasteiger partial charge on any atom is 0.573 e. The highest BCUT2D eigenvalue weighted by atomic mass is 19.4. The molecule has 0 radical (unpaired) electrons. The summed E-state index contributed by atoms with van der Waals surface area (Å²) in [5.74, 6) is -0.354. The van der Waals surface area contributed by atoms with Gasteiger partial charge in [-0.25, -0.2) is 4.98 Å². The quantitative estimate of drug-likeness (QED) is 0.681. The Morgan fingerprint density at radius 3 is 2.58 bits per heavy atom. The van der Waals surface area contributed by atoms with Gasteiger partial charge in [-0.2, -0.15) is 0 Å². The van der Waals surface area contributed by atoms with E-state index in [1.165, 1.54) is 43.6 Å². The van der Waals surface area contributed by atoms with Crippen molar-refractivity contribution in [1.82, 2.24) is 15.2 Å². The smallest absolute Gasteiger partial charge is 0.484 e. The molecule has 1 aromatic carbocycles. The summed E-state index contributed by atoms with van der Waals surface area (Å²) < 4.78 is 46.9. The first kappa shape index (κ1) is 22.7. The predicted molar refractivity (Wildman–Crippen MR) is 112 cm³/mol. The zero-order chi connectivity index (χ0) is 23.8. The van der Waals surface area contributed by atoms with Gasteiger partial charge in [-0.1, -0.05) is 12.1 Å². The third-order valence-electron chi connectivity index (χ3n) is 5.97. The molecule has 1 aliphatic heterocycles. The van der Waals surface area contributed by atoms with Crippen LogP contribution < -0.4 is 20.5 Å². The van der Waals surface area contributed by atoms with Crippen LogP contribution in [0.1, 0.15) is 28.8 Å². The summed E-state index contributed by atoms with van der Waals surface area (Å²) in [4.78, 5) is 30.5. The molecule has 11 heteroatoms. The average Bonchev–Trinajstić information content (AvgIpc) is 3.45. The van der Waals surface area contributed by atoms with E-state index in [0.717, 1.165) is 12.8 Å². The van der Waals surface area contributed by atoms with Gasteiger partial charge < -0.3 is 25.4 Å². The standard InChI is InChI=1S/C22H23F3N4O4/c1-27-20(31)14-9-16(19(26)28-10-14)32-17-11-29(12-21(17)6-7-21)18(30)8-13-2-4-15(5-3-13)33-22(23,24)25/h2-5,9-10,17H,6-8,11-12H2,1H3,(H2,26,28)(H,27,31). The number of hydrogen-bond donors (Lipinski definition) is 2. The molecular formula is C22H23F3N4O4. The number of carbonyl (C=O) groups excluding carboxylic acids is 2. The highest BCUT2D eigenvalue weighted by Gasteiger charge is 2.57. The summed E-state index contributed by atoms with van der Waals surface area (Å²) in [6.45, 7) is 0.867. The van der Waals surface area contributed by atoms with Crippen LogP contribution >= 0.6 is 0 Å². The van der Waals surface area contributed by atoms with Gasteiger partial charge >= 0.3 is 6.36 Å². The van der Waals surface area contributed by atoms with Crippen molar-refractivity contribution in [1.29, 1.82) is 0 Å². The van der Waals surface area contributed by atoms with Gasteiger partial charge in [0.25, 0.3) is 5.91 Å². The van der Waals surface area contributed by atoms with Crippen molar-refractivity contribution < 1.29 is 32.2 Å². The number of anilines is 1. The number of carbonyl (C=O) groups is 2. The van der Waals surface area contributed by atoms with Crippen molar-refractivity contribution in [2.24, 2.45) is 5.41 Å². The molecule has 1 aromatic heterocycles.